The van der Waals surface area contributed by atoms with E-state index in [4.69, 9.17) is 4.74 Å². The van der Waals surface area contributed by atoms with Crippen molar-refractivity contribution in [3.63, 3.8) is 0 Å². The number of rotatable bonds is 3. The Kier molecular flexibility index (Phi) is 3.82. The van der Waals surface area contributed by atoms with Crippen LogP contribution in [0.1, 0.15) is 18.6 Å². The predicted molar refractivity (Wildman–Crippen MR) is 71.3 cm³/mol. The molecule has 0 unspecified atom stereocenters. The summed E-state index contributed by atoms with van der Waals surface area (Å²) >= 11 is 3.37. The SMILES string of the molecule is C[C@H](O)c1ccc(Oc2ccc(Br)cc2)cc1. The third kappa shape index (κ3) is 3.32. The first-order valence-electron chi connectivity index (χ1n) is 5.36. The van der Waals surface area contributed by atoms with Crippen molar-refractivity contribution in [2.24, 2.45) is 0 Å². The van der Waals surface area contributed by atoms with Crippen LogP contribution in [0.25, 0.3) is 0 Å². The number of ether oxygens (including phenoxy) is 1. The lowest BCUT2D eigenvalue weighted by molar-refractivity contribution is 0.199. The first-order valence-corrected chi connectivity index (χ1v) is 6.16. The van der Waals surface area contributed by atoms with Crippen LogP contribution in [0, 0.1) is 0 Å². The highest BCUT2D eigenvalue weighted by Gasteiger charge is 2.01. The number of halogens is 1. The van der Waals surface area contributed by atoms with Gasteiger partial charge in [-0.25, -0.2) is 0 Å². The van der Waals surface area contributed by atoms with Crippen LogP contribution in [-0.2, 0) is 0 Å². The average Bonchev–Trinajstić information content (AvgIpc) is 2.33. The van der Waals surface area contributed by atoms with Crippen molar-refractivity contribution in [3.8, 4) is 11.5 Å². The minimum absolute atomic E-state index is 0.447. The zero-order valence-electron chi connectivity index (χ0n) is 9.43. The van der Waals surface area contributed by atoms with E-state index in [2.05, 4.69) is 15.9 Å². The van der Waals surface area contributed by atoms with Crippen LogP contribution < -0.4 is 4.74 Å². The number of hydrogen-bond donors (Lipinski definition) is 1. The zero-order chi connectivity index (χ0) is 12.3. The molecule has 0 radical (unpaired) electrons. The summed E-state index contributed by atoms with van der Waals surface area (Å²) in [5.41, 5.74) is 0.883. The van der Waals surface area contributed by atoms with Gasteiger partial charge < -0.3 is 9.84 Å². The van der Waals surface area contributed by atoms with Crippen LogP contribution in [0.2, 0.25) is 0 Å². The highest BCUT2D eigenvalue weighted by molar-refractivity contribution is 9.10. The lowest BCUT2D eigenvalue weighted by atomic mass is 10.1. The molecule has 0 aliphatic rings. The maximum absolute atomic E-state index is 9.39. The standard InChI is InChI=1S/C14H13BrO2/c1-10(16)11-2-6-13(7-3-11)17-14-8-4-12(15)5-9-14/h2-10,16H,1H3/t10-/m0/s1. The molecule has 17 heavy (non-hydrogen) atoms. The molecule has 0 saturated heterocycles. The van der Waals surface area contributed by atoms with Gasteiger partial charge in [0, 0.05) is 4.47 Å². The fraction of sp³-hybridized carbons (Fsp3) is 0.143. The molecular weight excluding hydrogens is 280 g/mol. The first-order chi connectivity index (χ1) is 8.15. The number of benzene rings is 2. The smallest absolute Gasteiger partial charge is 0.127 e. The van der Waals surface area contributed by atoms with Crippen molar-refractivity contribution in [3.05, 3.63) is 58.6 Å². The summed E-state index contributed by atoms with van der Waals surface area (Å²) in [7, 11) is 0. The fourth-order valence-electron chi connectivity index (χ4n) is 1.45. The Bertz CT molecular complexity index is 475. The lowest BCUT2D eigenvalue weighted by Crippen LogP contribution is -1.90. The second-order valence-electron chi connectivity index (χ2n) is 3.80. The molecule has 0 saturated carbocycles. The molecule has 0 amide bonds. The van der Waals surface area contributed by atoms with Crippen molar-refractivity contribution in [1.29, 1.82) is 0 Å². The molecule has 3 heteroatoms. The molecule has 2 nitrogen and oxygen atoms in total. The summed E-state index contributed by atoms with van der Waals surface area (Å²) in [6.07, 6.45) is -0.447. The Hall–Kier alpha value is -1.32. The molecule has 1 atom stereocenters. The molecule has 0 spiro atoms. The summed E-state index contributed by atoms with van der Waals surface area (Å²) in [4.78, 5) is 0. The van der Waals surface area contributed by atoms with Crippen LogP contribution in [0.3, 0.4) is 0 Å². The van der Waals surface area contributed by atoms with Crippen molar-refractivity contribution < 1.29 is 9.84 Å². The van der Waals surface area contributed by atoms with Crippen LogP contribution in [0.15, 0.2) is 53.0 Å². The summed E-state index contributed by atoms with van der Waals surface area (Å²) in [5.74, 6) is 1.55. The molecule has 1 N–H and O–H groups in total. The van der Waals surface area contributed by atoms with E-state index in [0.717, 1.165) is 21.5 Å². The highest BCUT2D eigenvalue weighted by Crippen LogP contribution is 2.24. The molecule has 0 aliphatic carbocycles. The molecule has 2 aromatic rings. The minimum atomic E-state index is -0.447. The Morgan fingerprint density at radius 3 is 1.88 bits per heavy atom. The van der Waals surface area contributed by atoms with Crippen molar-refractivity contribution >= 4 is 15.9 Å². The molecular formula is C14H13BrO2. The van der Waals surface area contributed by atoms with Crippen LogP contribution >= 0.6 is 15.9 Å². The molecule has 0 aliphatic heterocycles. The Morgan fingerprint density at radius 1 is 0.941 bits per heavy atom. The van der Waals surface area contributed by atoms with Gasteiger partial charge in [-0.05, 0) is 48.9 Å². The summed E-state index contributed by atoms with van der Waals surface area (Å²) in [5, 5.41) is 9.39. The summed E-state index contributed by atoms with van der Waals surface area (Å²) in [6, 6.07) is 15.1. The van der Waals surface area contributed by atoms with Gasteiger partial charge in [0.25, 0.3) is 0 Å². The Morgan fingerprint density at radius 2 is 1.41 bits per heavy atom. The quantitative estimate of drug-likeness (QED) is 0.914. The van der Waals surface area contributed by atoms with E-state index >= 15 is 0 Å². The van der Waals surface area contributed by atoms with E-state index in [9.17, 15) is 5.11 Å². The monoisotopic (exact) mass is 292 g/mol. The second kappa shape index (κ2) is 5.34. The summed E-state index contributed by atoms with van der Waals surface area (Å²) in [6.45, 7) is 1.74. The van der Waals surface area contributed by atoms with E-state index in [1.807, 2.05) is 48.5 Å². The van der Waals surface area contributed by atoms with E-state index in [-0.39, 0.29) is 0 Å². The van der Waals surface area contributed by atoms with E-state index in [1.54, 1.807) is 6.92 Å². The van der Waals surface area contributed by atoms with Gasteiger partial charge in [-0.2, -0.15) is 0 Å². The molecule has 2 aromatic carbocycles. The van der Waals surface area contributed by atoms with E-state index in [0.29, 0.717) is 0 Å². The number of aliphatic hydroxyl groups excluding tert-OH is 1. The van der Waals surface area contributed by atoms with Crippen LogP contribution in [0.4, 0.5) is 0 Å². The maximum Gasteiger partial charge on any atom is 0.127 e. The molecule has 0 heterocycles. The van der Waals surface area contributed by atoms with Gasteiger partial charge >= 0.3 is 0 Å². The van der Waals surface area contributed by atoms with Crippen molar-refractivity contribution in [2.75, 3.05) is 0 Å². The van der Waals surface area contributed by atoms with Gasteiger partial charge in [-0.3, -0.25) is 0 Å². The number of hydrogen-bond acceptors (Lipinski definition) is 2. The molecule has 2 rings (SSSR count). The summed E-state index contributed by atoms with van der Waals surface area (Å²) < 4.78 is 6.69. The largest absolute Gasteiger partial charge is 0.457 e. The van der Waals surface area contributed by atoms with Crippen LogP contribution in [0.5, 0.6) is 11.5 Å². The highest BCUT2D eigenvalue weighted by atomic mass is 79.9. The molecule has 0 fully saturated rings. The second-order valence-corrected chi connectivity index (χ2v) is 4.72. The molecule has 0 bridgehead atoms. The Labute approximate surface area is 109 Å². The van der Waals surface area contributed by atoms with Crippen molar-refractivity contribution in [1.82, 2.24) is 0 Å². The fourth-order valence-corrected chi connectivity index (χ4v) is 1.72. The van der Waals surface area contributed by atoms with Gasteiger partial charge in [0.1, 0.15) is 11.5 Å². The normalized spacial score (nSPS) is 12.2. The zero-order valence-corrected chi connectivity index (χ0v) is 11.0. The topological polar surface area (TPSA) is 29.5 Å². The van der Waals surface area contributed by atoms with E-state index in [1.165, 1.54) is 0 Å². The van der Waals surface area contributed by atoms with Gasteiger partial charge in [-0.15, -0.1) is 0 Å². The Balaban J connectivity index is 2.11. The van der Waals surface area contributed by atoms with Crippen molar-refractivity contribution in [2.45, 2.75) is 13.0 Å². The maximum atomic E-state index is 9.39. The third-order valence-corrected chi connectivity index (χ3v) is 2.94. The van der Waals surface area contributed by atoms with Gasteiger partial charge in [-0.1, -0.05) is 28.1 Å². The number of aliphatic hydroxyl groups is 1. The van der Waals surface area contributed by atoms with Crippen LogP contribution in [-0.4, -0.2) is 5.11 Å². The van der Waals surface area contributed by atoms with E-state index < -0.39 is 6.10 Å². The minimum Gasteiger partial charge on any atom is -0.457 e. The lowest BCUT2D eigenvalue weighted by Gasteiger charge is -2.08. The molecule has 0 aromatic heterocycles. The van der Waals surface area contributed by atoms with Gasteiger partial charge in [0.2, 0.25) is 0 Å². The average molecular weight is 293 g/mol. The predicted octanol–water partition coefficient (Wildman–Crippen LogP) is 4.29. The van der Waals surface area contributed by atoms with Gasteiger partial charge in [0.15, 0.2) is 0 Å². The first kappa shape index (κ1) is 12.1. The molecule has 88 valence electrons. The third-order valence-electron chi connectivity index (χ3n) is 2.41. The van der Waals surface area contributed by atoms with Gasteiger partial charge in [0.05, 0.1) is 6.10 Å².